The second kappa shape index (κ2) is 7.87. The Labute approximate surface area is 119 Å². The van der Waals surface area contributed by atoms with Gasteiger partial charge in [0.1, 0.15) is 5.54 Å². The van der Waals surface area contributed by atoms with Crippen LogP contribution < -0.4 is 5.32 Å². The highest BCUT2D eigenvalue weighted by Crippen LogP contribution is 2.37. The van der Waals surface area contributed by atoms with Crippen molar-refractivity contribution in [2.24, 2.45) is 11.8 Å². The summed E-state index contributed by atoms with van der Waals surface area (Å²) in [7, 11) is 2.21. The molecule has 19 heavy (non-hydrogen) atoms. The van der Waals surface area contributed by atoms with E-state index in [0.29, 0.717) is 5.92 Å². The number of nitrogens with one attached hydrogen (secondary N) is 1. The molecule has 0 aromatic rings. The Morgan fingerprint density at radius 2 is 2.21 bits per heavy atom. The van der Waals surface area contributed by atoms with E-state index in [9.17, 15) is 5.26 Å². The van der Waals surface area contributed by atoms with Gasteiger partial charge in [0.15, 0.2) is 0 Å². The monoisotopic (exact) mass is 265 g/mol. The molecule has 1 rings (SSSR count). The fraction of sp³-hybridized carbons (Fsp3) is 0.938. The van der Waals surface area contributed by atoms with E-state index in [2.05, 4.69) is 44.1 Å². The molecule has 3 atom stereocenters. The molecule has 0 spiro atoms. The predicted molar refractivity (Wildman–Crippen MR) is 80.9 cm³/mol. The molecule has 1 fully saturated rings. The van der Waals surface area contributed by atoms with Gasteiger partial charge < -0.3 is 4.90 Å². The fourth-order valence-electron chi connectivity index (χ4n) is 3.33. The summed E-state index contributed by atoms with van der Waals surface area (Å²) >= 11 is 0. The predicted octanol–water partition coefficient (Wildman–Crippen LogP) is 3.03. The van der Waals surface area contributed by atoms with Crippen LogP contribution in [0.2, 0.25) is 0 Å². The minimum atomic E-state index is -0.244. The Balaban J connectivity index is 2.45. The minimum Gasteiger partial charge on any atom is -0.306 e. The largest absolute Gasteiger partial charge is 0.306 e. The van der Waals surface area contributed by atoms with Crippen molar-refractivity contribution in [2.45, 2.75) is 58.4 Å². The summed E-state index contributed by atoms with van der Waals surface area (Å²) < 4.78 is 0. The van der Waals surface area contributed by atoms with E-state index in [1.165, 1.54) is 25.8 Å². The summed E-state index contributed by atoms with van der Waals surface area (Å²) in [6, 6.07) is 2.57. The lowest BCUT2D eigenvalue weighted by atomic mass is 9.85. The maximum Gasteiger partial charge on any atom is 0.109 e. The quantitative estimate of drug-likeness (QED) is 0.733. The van der Waals surface area contributed by atoms with Gasteiger partial charge in [-0.15, -0.1) is 0 Å². The molecule has 3 unspecified atom stereocenters. The average Bonchev–Trinajstić information content (AvgIpc) is 2.80. The van der Waals surface area contributed by atoms with Gasteiger partial charge in [0, 0.05) is 6.54 Å². The van der Waals surface area contributed by atoms with E-state index in [4.69, 9.17) is 0 Å². The third-order valence-electron chi connectivity index (χ3n) is 4.69. The molecule has 1 N–H and O–H groups in total. The Morgan fingerprint density at radius 1 is 1.47 bits per heavy atom. The molecular formula is C16H31N3. The van der Waals surface area contributed by atoms with Gasteiger partial charge in [-0.2, -0.15) is 5.26 Å². The molecule has 0 aliphatic heterocycles. The minimum absolute atomic E-state index is 0.244. The van der Waals surface area contributed by atoms with Crippen molar-refractivity contribution in [2.75, 3.05) is 26.7 Å². The number of nitriles is 1. The molecule has 0 bridgehead atoms. The molecule has 3 heteroatoms. The van der Waals surface area contributed by atoms with E-state index < -0.39 is 0 Å². The first-order valence-corrected chi connectivity index (χ1v) is 7.92. The first-order valence-electron chi connectivity index (χ1n) is 7.92. The van der Waals surface area contributed by atoms with Crippen molar-refractivity contribution in [1.82, 2.24) is 10.2 Å². The summed E-state index contributed by atoms with van der Waals surface area (Å²) in [6.45, 7) is 9.84. The summed E-state index contributed by atoms with van der Waals surface area (Å²) in [4.78, 5) is 2.43. The van der Waals surface area contributed by atoms with Gasteiger partial charge >= 0.3 is 0 Å². The van der Waals surface area contributed by atoms with Crippen LogP contribution in [0.4, 0.5) is 0 Å². The SMILES string of the molecule is CCNC1(C#N)CCCC1CCN(C)CC(C)CC. The first-order chi connectivity index (χ1) is 9.07. The van der Waals surface area contributed by atoms with Crippen molar-refractivity contribution < 1.29 is 0 Å². The highest BCUT2D eigenvalue weighted by Gasteiger charge is 2.42. The Hall–Kier alpha value is -0.590. The zero-order chi connectivity index (χ0) is 14.3. The zero-order valence-electron chi connectivity index (χ0n) is 13.2. The second-order valence-electron chi connectivity index (χ2n) is 6.27. The number of rotatable bonds is 8. The molecule has 3 nitrogen and oxygen atoms in total. The van der Waals surface area contributed by atoms with E-state index in [0.717, 1.165) is 31.8 Å². The van der Waals surface area contributed by atoms with Crippen LogP contribution in [0, 0.1) is 23.2 Å². The van der Waals surface area contributed by atoms with Crippen LogP contribution in [0.3, 0.4) is 0 Å². The van der Waals surface area contributed by atoms with E-state index in [1.54, 1.807) is 0 Å². The summed E-state index contributed by atoms with van der Waals surface area (Å²) in [6.07, 6.45) is 5.82. The smallest absolute Gasteiger partial charge is 0.109 e. The molecular weight excluding hydrogens is 234 g/mol. The Morgan fingerprint density at radius 3 is 2.79 bits per heavy atom. The van der Waals surface area contributed by atoms with E-state index >= 15 is 0 Å². The van der Waals surface area contributed by atoms with Crippen LogP contribution >= 0.6 is 0 Å². The van der Waals surface area contributed by atoms with Crippen molar-refractivity contribution >= 4 is 0 Å². The Bertz CT molecular complexity index is 297. The average molecular weight is 265 g/mol. The maximum atomic E-state index is 9.54. The van der Waals surface area contributed by atoms with Gasteiger partial charge in [-0.1, -0.05) is 33.6 Å². The molecule has 0 heterocycles. The van der Waals surface area contributed by atoms with E-state index in [-0.39, 0.29) is 5.54 Å². The van der Waals surface area contributed by atoms with Gasteiger partial charge in [0.2, 0.25) is 0 Å². The third kappa shape index (κ3) is 4.47. The van der Waals surface area contributed by atoms with Gasteiger partial charge in [0.05, 0.1) is 6.07 Å². The highest BCUT2D eigenvalue weighted by molar-refractivity contribution is 5.14. The highest BCUT2D eigenvalue weighted by atomic mass is 15.1. The summed E-state index contributed by atoms with van der Waals surface area (Å²) in [5, 5.41) is 13.0. The molecule has 0 aromatic carbocycles. The normalized spacial score (nSPS) is 28.5. The van der Waals surface area contributed by atoms with Gasteiger partial charge in [-0.25, -0.2) is 0 Å². The number of hydrogen-bond acceptors (Lipinski definition) is 3. The molecule has 1 aliphatic rings. The van der Waals surface area contributed by atoms with Crippen LogP contribution in [0.25, 0.3) is 0 Å². The molecule has 110 valence electrons. The van der Waals surface area contributed by atoms with Crippen molar-refractivity contribution in [3.8, 4) is 6.07 Å². The van der Waals surface area contributed by atoms with Crippen LogP contribution in [-0.4, -0.2) is 37.1 Å². The molecule has 1 aliphatic carbocycles. The van der Waals surface area contributed by atoms with Crippen molar-refractivity contribution in [3.63, 3.8) is 0 Å². The van der Waals surface area contributed by atoms with Gasteiger partial charge in [-0.3, -0.25) is 5.32 Å². The fourth-order valence-corrected chi connectivity index (χ4v) is 3.33. The Kier molecular flexibility index (Phi) is 6.82. The zero-order valence-corrected chi connectivity index (χ0v) is 13.2. The lowest BCUT2D eigenvalue weighted by Crippen LogP contribution is -2.47. The first kappa shape index (κ1) is 16.5. The van der Waals surface area contributed by atoms with Crippen LogP contribution in [0.5, 0.6) is 0 Å². The van der Waals surface area contributed by atoms with Crippen LogP contribution in [0.15, 0.2) is 0 Å². The van der Waals surface area contributed by atoms with Crippen molar-refractivity contribution in [3.05, 3.63) is 0 Å². The summed E-state index contributed by atoms with van der Waals surface area (Å²) in [5.74, 6) is 1.29. The topological polar surface area (TPSA) is 39.1 Å². The molecule has 0 aromatic heterocycles. The number of nitrogens with zero attached hydrogens (tertiary/aromatic N) is 2. The van der Waals surface area contributed by atoms with Gasteiger partial charge in [-0.05, 0) is 51.2 Å². The standard InChI is InChI=1S/C16H31N3/c1-5-14(3)12-19(4)11-9-15-8-7-10-16(15,13-17)18-6-2/h14-15,18H,5-12H2,1-4H3. The van der Waals surface area contributed by atoms with Crippen LogP contribution in [0.1, 0.15) is 52.9 Å². The maximum absolute atomic E-state index is 9.54. The second-order valence-corrected chi connectivity index (χ2v) is 6.27. The lowest BCUT2D eigenvalue weighted by molar-refractivity contribution is 0.231. The molecule has 0 amide bonds. The van der Waals surface area contributed by atoms with Crippen molar-refractivity contribution in [1.29, 1.82) is 5.26 Å². The molecule has 0 radical (unpaired) electrons. The number of hydrogen-bond donors (Lipinski definition) is 1. The molecule has 0 saturated heterocycles. The van der Waals surface area contributed by atoms with E-state index in [1.807, 2.05) is 0 Å². The third-order valence-corrected chi connectivity index (χ3v) is 4.69. The van der Waals surface area contributed by atoms with Gasteiger partial charge in [0.25, 0.3) is 0 Å². The lowest BCUT2D eigenvalue weighted by Gasteiger charge is -2.31. The van der Waals surface area contributed by atoms with Crippen LogP contribution in [-0.2, 0) is 0 Å². The summed E-state index contributed by atoms with van der Waals surface area (Å²) in [5.41, 5.74) is -0.244. The molecule has 1 saturated carbocycles.